The first-order valence-electron chi connectivity index (χ1n) is 12.4. The molecular weight excluding hydrogens is 520 g/mol. The first-order valence-corrected chi connectivity index (χ1v) is 13.2. The summed E-state index contributed by atoms with van der Waals surface area (Å²) in [5.41, 5.74) is 5.80. The average molecular weight is 547 g/mol. The lowest BCUT2D eigenvalue weighted by atomic mass is 9.88. The van der Waals surface area contributed by atoms with Gasteiger partial charge in [-0.05, 0) is 59.0 Å². The van der Waals surface area contributed by atoms with Crippen molar-refractivity contribution in [2.75, 3.05) is 0 Å². The second-order valence-electron chi connectivity index (χ2n) is 10.3. The zero-order chi connectivity index (χ0) is 25.6. The van der Waals surface area contributed by atoms with E-state index in [1.165, 1.54) is 22.1 Å². The highest BCUT2D eigenvalue weighted by molar-refractivity contribution is 9.10. The van der Waals surface area contributed by atoms with Crippen LogP contribution in [0.25, 0.3) is 38.8 Å². The third kappa shape index (κ3) is 4.42. The fraction of sp³-hybridized carbons (Fsp3) is 0.121. The number of hydrogen-bond acceptors (Lipinski definition) is 2. The predicted octanol–water partition coefficient (Wildman–Crippen LogP) is 9.70. The first-order chi connectivity index (χ1) is 17.9. The van der Waals surface area contributed by atoms with Crippen LogP contribution in [0.4, 0.5) is 0 Å². The van der Waals surface area contributed by atoms with Crippen molar-refractivity contribution in [2.24, 2.45) is 0 Å². The van der Waals surface area contributed by atoms with Crippen molar-refractivity contribution in [1.29, 1.82) is 0 Å². The van der Waals surface area contributed by atoms with E-state index in [1.807, 2.05) is 36.5 Å². The van der Waals surface area contributed by atoms with Gasteiger partial charge in [0.2, 0.25) is 0 Å². The van der Waals surface area contributed by atoms with E-state index < -0.39 is 0 Å². The summed E-state index contributed by atoms with van der Waals surface area (Å²) in [7, 11) is 0. The number of rotatable bonds is 4. The summed E-state index contributed by atoms with van der Waals surface area (Å²) in [6, 6.07) is 35.6. The van der Waals surface area contributed by atoms with Crippen molar-refractivity contribution in [3.8, 4) is 28.4 Å². The number of aromatic nitrogens is 2. The van der Waals surface area contributed by atoms with Crippen LogP contribution in [-0.4, -0.2) is 9.55 Å². The Bertz CT molecular complexity index is 1750. The molecule has 3 nitrogen and oxygen atoms in total. The van der Waals surface area contributed by atoms with Crippen LogP contribution in [0.2, 0.25) is 0 Å². The SMILES string of the molecule is CC(C)(C)c1ccnc(-n2c3cc(Oc4cccc(Br)c4)ccc3c3cccc(-c4ccccc4)c32)c1. The molecule has 2 heterocycles. The normalized spacial score (nSPS) is 11.8. The number of nitrogens with zero attached hydrogens (tertiary/aromatic N) is 2. The Kier molecular flexibility index (Phi) is 5.85. The van der Waals surface area contributed by atoms with E-state index in [0.29, 0.717) is 0 Å². The number of para-hydroxylation sites is 1. The molecule has 0 spiro atoms. The van der Waals surface area contributed by atoms with Gasteiger partial charge in [-0.3, -0.25) is 4.57 Å². The fourth-order valence-electron chi connectivity index (χ4n) is 4.87. The summed E-state index contributed by atoms with van der Waals surface area (Å²) in [5, 5.41) is 2.35. The third-order valence-corrected chi connectivity index (χ3v) is 7.21. The second-order valence-corrected chi connectivity index (χ2v) is 11.2. The van der Waals surface area contributed by atoms with Crippen LogP contribution in [0.3, 0.4) is 0 Å². The smallest absolute Gasteiger partial charge is 0.137 e. The molecule has 6 rings (SSSR count). The molecule has 0 saturated heterocycles. The highest BCUT2D eigenvalue weighted by Crippen LogP contribution is 2.40. The van der Waals surface area contributed by atoms with E-state index in [1.54, 1.807) is 0 Å². The Morgan fingerprint density at radius 2 is 1.51 bits per heavy atom. The van der Waals surface area contributed by atoms with E-state index >= 15 is 0 Å². The molecule has 0 bridgehead atoms. The molecule has 4 aromatic carbocycles. The van der Waals surface area contributed by atoms with Crippen LogP contribution >= 0.6 is 15.9 Å². The van der Waals surface area contributed by atoms with Gasteiger partial charge in [0, 0.05) is 33.1 Å². The summed E-state index contributed by atoms with van der Waals surface area (Å²) in [5.74, 6) is 2.47. The maximum atomic E-state index is 6.28. The van der Waals surface area contributed by atoms with Gasteiger partial charge in [0.25, 0.3) is 0 Å². The van der Waals surface area contributed by atoms with Crippen molar-refractivity contribution in [2.45, 2.75) is 26.2 Å². The summed E-state index contributed by atoms with van der Waals surface area (Å²) in [6.07, 6.45) is 1.92. The molecule has 0 fully saturated rings. The molecule has 0 N–H and O–H groups in total. The topological polar surface area (TPSA) is 27.1 Å². The van der Waals surface area contributed by atoms with Gasteiger partial charge >= 0.3 is 0 Å². The lowest BCUT2D eigenvalue weighted by molar-refractivity contribution is 0.483. The van der Waals surface area contributed by atoms with Crippen molar-refractivity contribution in [1.82, 2.24) is 9.55 Å². The van der Waals surface area contributed by atoms with E-state index in [2.05, 4.69) is 114 Å². The molecule has 0 aliphatic carbocycles. The van der Waals surface area contributed by atoms with Gasteiger partial charge in [0.05, 0.1) is 11.0 Å². The molecule has 2 aromatic heterocycles. The molecule has 6 aromatic rings. The summed E-state index contributed by atoms with van der Waals surface area (Å²) in [4.78, 5) is 4.87. The zero-order valence-electron chi connectivity index (χ0n) is 21.1. The Hall–Kier alpha value is -3.89. The first kappa shape index (κ1) is 23.5. The Morgan fingerprint density at radius 3 is 2.30 bits per heavy atom. The summed E-state index contributed by atoms with van der Waals surface area (Å²) < 4.78 is 9.55. The molecule has 182 valence electrons. The Labute approximate surface area is 225 Å². The monoisotopic (exact) mass is 546 g/mol. The zero-order valence-corrected chi connectivity index (χ0v) is 22.7. The lowest BCUT2D eigenvalue weighted by Gasteiger charge is -2.20. The van der Waals surface area contributed by atoms with E-state index in [9.17, 15) is 0 Å². The number of halogens is 1. The van der Waals surface area contributed by atoms with Crippen LogP contribution in [0, 0.1) is 0 Å². The maximum Gasteiger partial charge on any atom is 0.137 e. The molecular formula is C33H27BrN2O. The maximum absolute atomic E-state index is 6.28. The van der Waals surface area contributed by atoms with Crippen LogP contribution < -0.4 is 4.74 Å². The molecule has 0 amide bonds. The van der Waals surface area contributed by atoms with Crippen LogP contribution in [0.5, 0.6) is 11.5 Å². The number of benzene rings is 4. The standard InChI is InChI=1S/C33H27BrN2O/c1-33(2,3)23-17-18-35-31(19-23)36-30-21-26(37-25-12-7-11-24(34)20-25)15-16-28(30)29-14-8-13-27(32(29)36)22-9-5-4-6-10-22/h4-21H,1-3H3. The van der Waals surface area contributed by atoms with Gasteiger partial charge in [-0.1, -0.05) is 91.3 Å². The van der Waals surface area contributed by atoms with Gasteiger partial charge < -0.3 is 4.74 Å². The molecule has 0 radical (unpaired) electrons. The molecule has 0 unspecified atom stereocenters. The minimum absolute atomic E-state index is 0.00762. The fourth-order valence-corrected chi connectivity index (χ4v) is 5.25. The Balaban J connectivity index is 1.65. The lowest BCUT2D eigenvalue weighted by Crippen LogP contribution is -2.12. The van der Waals surface area contributed by atoms with Crippen LogP contribution in [-0.2, 0) is 5.41 Å². The largest absolute Gasteiger partial charge is 0.457 e. The third-order valence-electron chi connectivity index (χ3n) is 6.72. The van der Waals surface area contributed by atoms with Gasteiger partial charge in [0.15, 0.2) is 0 Å². The minimum Gasteiger partial charge on any atom is -0.457 e. The number of pyridine rings is 1. The quantitative estimate of drug-likeness (QED) is 0.220. The molecule has 0 aliphatic rings. The van der Waals surface area contributed by atoms with E-state index in [-0.39, 0.29) is 5.41 Å². The molecule has 0 atom stereocenters. The van der Waals surface area contributed by atoms with Crippen molar-refractivity contribution < 1.29 is 4.74 Å². The van der Waals surface area contributed by atoms with Gasteiger partial charge in [-0.25, -0.2) is 4.98 Å². The van der Waals surface area contributed by atoms with Crippen molar-refractivity contribution in [3.63, 3.8) is 0 Å². The molecule has 37 heavy (non-hydrogen) atoms. The van der Waals surface area contributed by atoms with Crippen molar-refractivity contribution >= 4 is 37.7 Å². The highest BCUT2D eigenvalue weighted by Gasteiger charge is 2.20. The summed E-state index contributed by atoms with van der Waals surface area (Å²) in [6.45, 7) is 6.70. The Morgan fingerprint density at radius 1 is 0.730 bits per heavy atom. The van der Waals surface area contributed by atoms with Gasteiger partial charge in [-0.2, -0.15) is 0 Å². The molecule has 0 aliphatic heterocycles. The number of ether oxygens (including phenoxy) is 1. The van der Waals surface area contributed by atoms with Crippen molar-refractivity contribution in [3.05, 3.63) is 119 Å². The predicted molar refractivity (Wildman–Crippen MR) is 157 cm³/mol. The minimum atomic E-state index is 0.00762. The van der Waals surface area contributed by atoms with Gasteiger partial charge in [0.1, 0.15) is 17.3 Å². The van der Waals surface area contributed by atoms with E-state index in [0.717, 1.165) is 38.2 Å². The van der Waals surface area contributed by atoms with Gasteiger partial charge in [-0.15, -0.1) is 0 Å². The second kappa shape index (κ2) is 9.20. The number of hydrogen-bond donors (Lipinski definition) is 0. The van der Waals surface area contributed by atoms with Crippen LogP contribution in [0.15, 0.2) is 114 Å². The van der Waals surface area contributed by atoms with E-state index in [4.69, 9.17) is 9.72 Å². The highest BCUT2D eigenvalue weighted by atomic mass is 79.9. The van der Waals surface area contributed by atoms with Crippen LogP contribution in [0.1, 0.15) is 26.3 Å². The molecule has 0 saturated carbocycles. The molecule has 4 heteroatoms. The summed E-state index contributed by atoms with van der Waals surface area (Å²) >= 11 is 3.54. The average Bonchev–Trinajstić information content (AvgIpc) is 3.22. The number of fused-ring (bicyclic) bond motifs is 3.